The van der Waals surface area contributed by atoms with Crippen molar-refractivity contribution in [1.82, 2.24) is 15.2 Å². The zero-order chi connectivity index (χ0) is 19.1. The van der Waals surface area contributed by atoms with Crippen LogP contribution in [0.1, 0.15) is 37.0 Å². The van der Waals surface area contributed by atoms with E-state index in [2.05, 4.69) is 10.3 Å². The van der Waals surface area contributed by atoms with Gasteiger partial charge in [0.25, 0.3) is 0 Å². The van der Waals surface area contributed by atoms with E-state index in [9.17, 15) is 9.90 Å². The van der Waals surface area contributed by atoms with Gasteiger partial charge in [0, 0.05) is 31.4 Å². The van der Waals surface area contributed by atoms with Crippen LogP contribution >= 0.6 is 0 Å². The van der Waals surface area contributed by atoms with Gasteiger partial charge in [-0.25, -0.2) is 9.78 Å². The third-order valence-electron chi connectivity index (χ3n) is 4.98. The maximum Gasteiger partial charge on any atom is 0.317 e. The number of likely N-dealkylation sites (tertiary alicyclic amines) is 1. The lowest BCUT2D eigenvalue weighted by molar-refractivity contribution is 0.0665. The number of nitrogens with zero attached hydrogens (tertiary/aromatic N) is 2. The zero-order valence-electron chi connectivity index (χ0n) is 15.7. The first-order chi connectivity index (χ1) is 13.2. The number of pyridine rings is 1. The largest absolute Gasteiger partial charge is 0.478 e. The molecule has 2 heterocycles. The number of amides is 2. The number of hydrogen-bond donors (Lipinski definition) is 2. The third kappa shape index (κ3) is 4.98. The van der Waals surface area contributed by atoms with E-state index in [1.807, 2.05) is 54.3 Å². The molecule has 1 unspecified atom stereocenters. The Bertz CT molecular complexity index is 730. The monoisotopic (exact) mass is 369 g/mol. The molecule has 144 valence electrons. The van der Waals surface area contributed by atoms with Gasteiger partial charge in [-0.1, -0.05) is 36.4 Å². The predicted molar refractivity (Wildman–Crippen MR) is 103 cm³/mol. The number of benzene rings is 1. The SMILES string of the molecule is CCOc1ncccc1CNC(=O)N1CCC(C(O)c2ccccc2)CC1. The molecule has 0 bridgehead atoms. The predicted octanol–water partition coefficient (Wildman–Crippen LogP) is 3.14. The van der Waals surface area contributed by atoms with Crippen molar-refractivity contribution in [3.63, 3.8) is 0 Å². The number of nitrogens with one attached hydrogen (secondary N) is 1. The smallest absolute Gasteiger partial charge is 0.317 e. The highest BCUT2D eigenvalue weighted by atomic mass is 16.5. The summed E-state index contributed by atoms with van der Waals surface area (Å²) in [4.78, 5) is 18.5. The minimum atomic E-state index is -0.472. The molecule has 1 aliphatic rings. The highest BCUT2D eigenvalue weighted by Crippen LogP contribution is 2.30. The first kappa shape index (κ1) is 19.2. The number of piperidine rings is 1. The van der Waals surface area contributed by atoms with E-state index in [0.29, 0.717) is 32.1 Å². The number of rotatable bonds is 6. The van der Waals surface area contributed by atoms with Gasteiger partial charge in [0.05, 0.1) is 12.7 Å². The second-order valence-corrected chi connectivity index (χ2v) is 6.74. The van der Waals surface area contributed by atoms with Gasteiger partial charge in [0.15, 0.2) is 0 Å². The number of aliphatic hydroxyl groups excluding tert-OH is 1. The number of aliphatic hydroxyl groups is 1. The maximum absolute atomic E-state index is 12.5. The molecular weight excluding hydrogens is 342 g/mol. The normalized spacial score (nSPS) is 16.0. The number of urea groups is 1. The average molecular weight is 369 g/mol. The number of carbonyl (C=O) groups excluding carboxylic acids is 1. The van der Waals surface area contributed by atoms with Crippen LogP contribution in [0, 0.1) is 5.92 Å². The Kier molecular flexibility index (Phi) is 6.65. The summed E-state index contributed by atoms with van der Waals surface area (Å²) in [5.74, 6) is 0.740. The molecular formula is C21H27N3O3. The second-order valence-electron chi connectivity index (χ2n) is 6.74. The molecule has 1 aromatic heterocycles. The quantitative estimate of drug-likeness (QED) is 0.820. The minimum Gasteiger partial charge on any atom is -0.478 e. The van der Waals surface area contributed by atoms with Crippen LogP contribution in [0.5, 0.6) is 5.88 Å². The Morgan fingerprint density at radius 2 is 2.00 bits per heavy atom. The Morgan fingerprint density at radius 1 is 1.26 bits per heavy atom. The lowest BCUT2D eigenvalue weighted by atomic mass is 9.87. The fourth-order valence-corrected chi connectivity index (χ4v) is 3.45. The molecule has 2 aromatic rings. The molecule has 1 saturated heterocycles. The average Bonchev–Trinajstić information content (AvgIpc) is 2.73. The van der Waals surface area contributed by atoms with Crippen molar-refractivity contribution in [1.29, 1.82) is 0 Å². The van der Waals surface area contributed by atoms with Gasteiger partial charge in [-0.05, 0) is 37.3 Å². The molecule has 6 heteroatoms. The molecule has 2 N–H and O–H groups in total. The molecule has 0 saturated carbocycles. The van der Waals surface area contributed by atoms with E-state index in [4.69, 9.17) is 4.74 Å². The van der Waals surface area contributed by atoms with Gasteiger partial charge in [0.2, 0.25) is 5.88 Å². The van der Waals surface area contributed by atoms with Crippen LogP contribution in [0.2, 0.25) is 0 Å². The van der Waals surface area contributed by atoms with Crippen molar-refractivity contribution >= 4 is 6.03 Å². The standard InChI is InChI=1S/C21H27N3O3/c1-2-27-20-18(9-6-12-22-20)15-23-21(26)24-13-10-17(11-14-24)19(25)16-7-4-3-5-8-16/h3-9,12,17,19,25H,2,10-11,13-15H2,1H3,(H,23,26). The molecule has 1 aliphatic heterocycles. The van der Waals surface area contributed by atoms with Crippen LogP contribution in [-0.4, -0.2) is 40.7 Å². The van der Waals surface area contributed by atoms with Crippen LogP contribution in [0.4, 0.5) is 4.79 Å². The van der Waals surface area contributed by atoms with Crippen LogP contribution in [-0.2, 0) is 6.54 Å². The van der Waals surface area contributed by atoms with Crippen molar-refractivity contribution in [3.8, 4) is 5.88 Å². The number of carbonyl (C=O) groups is 1. The fourth-order valence-electron chi connectivity index (χ4n) is 3.45. The molecule has 0 spiro atoms. The topological polar surface area (TPSA) is 74.7 Å². The number of ether oxygens (including phenoxy) is 1. The summed E-state index contributed by atoms with van der Waals surface area (Å²) in [5, 5.41) is 13.5. The summed E-state index contributed by atoms with van der Waals surface area (Å²) in [5.41, 5.74) is 1.81. The van der Waals surface area contributed by atoms with E-state index in [0.717, 1.165) is 24.0 Å². The summed E-state index contributed by atoms with van der Waals surface area (Å²) >= 11 is 0. The van der Waals surface area contributed by atoms with Crippen molar-refractivity contribution in [2.75, 3.05) is 19.7 Å². The number of hydrogen-bond acceptors (Lipinski definition) is 4. The highest BCUT2D eigenvalue weighted by molar-refractivity contribution is 5.74. The van der Waals surface area contributed by atoms with Gasteiger partial charge in [0.1, 0.15) is 0 Å². The Balaban J connectivity index is 1.49. The zero-order valence-corrected chi connectivity index (χ0v) is 15.7. The van der Waals surface area contributed by atoms with Crippen LogP contribution in [0.3, 0.4) is 0 Å². The molecule has 27 heavy (non-hydrogen) atoms. The van der Waals surface area contributed by atoms with E-state index in [-0.39, 0.29) is 11.9 Å². The summed E-state index contributed by atoms with van der Waals surface area (Å²) in [6.45, 7) is 4.12. The lowest BCUT2D eigenvalue weighted by Gasteiger charge is -2.34. The Labute approximate surface area is 160 Å². The summed E-state index contributed by atoms with van der Waals surface area (Å²) < 4.78 is 5.49. The second kappa shape index (κ2) is 9.37. The third-order valence-corrected chi connectivity index (χ3v) is 4.98. The lowest BCUT2D eigenvalue weighted by Crippen LogP contribution is -2.45. The van der Waals surface area contributed by atoms with Crippen molar-refractivity contribution in [3.05, 3.63) is 59.8 Å². The van der Waals surface area contributed by atoms with Crippen molar-refractivity contribution in [2.24, 2.45) is 5.92 Å². The Morgan fingerprint density at radius 3 is 2.70 bits per heavy atom. The van der Waals surface area contributed by atoms with E-state index < -0.39 is 6.10 Å². The van der Waals surface area contributed by atoms with E-state index in [1.165, 1.54) is 0 Å². The van der Waals surface area contributed by atoms with Gasteiger partial charge >= 0.3 is 6.03 Å². The molecule has 3 rings (SSSR count). The molecule has 1 fully saturated rings. The maximum atomic E-state index is 12.5. The summed E-state index contributed by atoms with van der Waals surface area (Å²) in [6.07, 6.45) is 2.79. The highest BCUT2D eigenvalue weighted by Gasteiger charge is 2.28. The van der Waals surface area contributed by atoms with Gasteiger partial charge in [-0.3, -0.25) is 0 Å². The molecule has 2 amide bonds. The molecule has 0 radical (unpaired) electrons. The van der Waals surface area contributed by atoms with E-state index in [1.54, 1.807) is 6.20 Å². The first-order valence-electron chi connectivity index (χ1n) is 9.51. The Hall–Kier alpha value is -2.60. The van der Waals surface area contributed by atoms with Crippen LogP contribution in [0.25, 0.3) is 0 Å². The van der Waals surface area contributed by atoms with Crippen molar-refractivity contribution in [2.45, 2.75) is 32.4 Å². The molecule has 0 aliphatic carbocycles. The summed E-state index contributed by atoms with van der Waals surface area (Å²) in [6, 6.07) is 13.4. The van der Waals surface area contributed by atoms with Gasteiger partial charge < -0.3 is 20.1 Å². The van der Waals surface area contributed by atoms with Crippen molar-refractivity contribution < 1.29 is 14.6 Å². The van der Waals surface area contributed by atoms with E-state index >= 15 is 0 Å². The molecule has 1 atom stereocenters. The molecule has 6 nitrogen and oxygen atoms in total. The molecule has 1 aromatic carbocycles. The van der Waals surface area contributed by atoms with Crippen LogP contribution < -0.4 is 10.1 Å². The number of aromatic nitrogens is 1. The first-order valence-corrected chi connectivity index (χ1v) is 9.51. The fraction of sp³-hybridized carbons (Fsp3) is 0.429. The van der Waals surface area contributed by atoms with Gasteiger partial charge in [-0.2, -0.15) is 0 Å². The summed E-state index contributed by atoms with van der Waals surface area (Å²) in [7, 11) is 0. The minimum absolute atomic E-state index is 0.0889. The van der Waals surface area contributed by atoms with Crippen LogP contribution in [0.15, 0.2) is 48.7 Å². The van der Waals surface area contributed by atoms with Gasteiger partial charge in [-0.15, -0.1) is 0 Å².